The monoisotopic (exact) mass is 265 g/mol. The molecule has 0 spiro atoms. The Hall–Kier alpha value is -2.55. The zero-order chi connectivity index (χ0) is 14.1. The first-order chi connectivity index (χ1) is 9.66. The van der Waals surface area contributed by atoms with E-state index in [2.05, 4.69) is 22.9 Å². The third-order valence-electron chi connectivity index (χ3n) is 3.61. The molecule has 0 aliphatic carbocycles. The van der Waals surface area contributed by atoms with Crippen molar-refractivity contribution in [2.45, 2.75) is 6.42 Å². The van der Waals surface area contributed by atoms with Crippen LogP contribution in [0.4, 0.5) is 0 Å². The Morgan fingerprint density at radius 3 is 2.55 bits per heavy atom. The first-order valence-electron chi connectivity index (χ1n) is 6.51. The molecule has 0 aliphatic heterocycles. The van der Waals surface area contributed by atoms with E-state index in [9.17, 15) is 9.90 Å². The standard InChI is InChI=1S/C17H15NO2/c1-18-11-13(14-7-4-5-9-16(14)18)10-12-6-2-3-8-15(12)17(19)20/h2-9,11H,10H2,1H3,(H,19,20). The van der Waals surface area contributed by atoms with E-state index in [1.807, 2.05) is 31.3 Å². The predicted molar refractivity (Wildman–Crippen MR) is 79.1 cm³/mol. The second-order valence-electron chi connectivity index (χ2n) is 4.92. The van der Waals surface area contributed by atoms with Crippen LogP contribution in [0, 0.1) is 0 Å². The van der Waals surface area contributed by atoms with Crippen molar-refractivity contribution in [3.8, 4) is 0 Å². The van der Waals surface area contributed by atoms with E-state index in [0.717, 1.165) is 16.6 Å². The Labute approximate surface area is 117 Å². The summed E-state index contributed by atoms with van der Waals surface area (Å²) in [4.78, 5) is 11.3. The Morgan fingerprint density at radius 1 is 1.05 bits per heavy atom. The number of benzene rings is 2. The fourth-order valence-corrected chi connectivity index (χ4v) is 2.65. The molecule has 0 bridgehead atoms. The summed E-state index contributed by atoms with van der Waals surface area (Å²) >= 11 is 0. The van der Waals surface area contributed by atoms with Crippen molar-refractivity contribution in [2.75, 3.05) is 0 Å². The van der Waals surface area contributed by atoms with Crippen LogP contribution in [0.2, 0.25) is 0 Å². The van der Waals surface area contributed by atoms with E-state index in [1.54, 1.807) is 12.1 Å². The molecule has 3 rings (SSSR count). The highest BCUT2D eigenvalue weighted by Gasteiger charge is 2.12. The third-order valence-corrected chi connectivity index (χ3v) is 3.61. The van der Waals surface area contributed by atoms with Crippen molar-refractivity contribution >= 4 is 16.9 Å². The molecule has 1 N–H and O–H groups in total. The molecule has 0 amide bonds. The molecule has 0 unspecified atom stereocenters. The molecule has 0 radical (unpaired) electrons. The largest absolute Gasteiger partial charge is 0.478 e. The minimum Gasteiger partial charge on any atom is -0.478 e. The van der Waals surface area contributed by atoms with Gasteiger partial charge < -0.3 is 9.67 Å². The number of para-hydroxylation sites is 1. The van der Waals surface area contributed by atoms with Gasteiger partial charge in [-0.05, 0) is 23.3 Å². The van der Waals surface area contributed by atoms with Crippen molar-refractivity contribution in [1.29, 1.82) is 0 Å². The third kappa shape index (κ3) is 2.07. The number of rotatable bonds is 3. The van der Waals surface area contributed by atoms with Gasteiger partial charge in [0.05, 0.1) is 5.56 Å². The lowest BCUT2D eigenvalue weighted by molar-refractivity contribution is 0.0696. The van der Waals surface area contributed by atoms with Gasteiger partial charge in [0.2, 0.25) is 0 Å². The topological polar surface area (TPSA) is 42.2 Å². The number of hydrogen-bond donors (Lipinski definition) is 1. The number of aromatic nitrogens is 1. The van der Waals surface area contributed by atoms with E-state index in [4.69, 9.17) is 0 Å². The SMILES string of the molecule is Cn1cc(Cc2ccccc2C(=O)O)c2ccccc21. The van der Waals surface area contributed by atoms with Crippen LogP contribution in [0.3, 0.4) is 0 Å². The number of aryl methyl sites for hydroxylation is 1. The summed E-state index contributed by atoms with van der Waals surface area (Å²) in [7, 11) is 2.01. The molecule has 3 nitrogen and oxygen atoms in total. The smallest absolute Gasteiger partial charge is 0.335 e. The highest BCUT2D eigenvalue weighted by molar-refractivity contribution is 5.90. The van der Waals surface area contributed by atoms with Gasteiger partial charge in [-0.2, -0.15) is 0 Å². The molecule has 0 aliphatic rings. The van der Waals surface area contributed by atoms with Gasteiger partial charge in [-0.25, -0.2) is 4.79 Å². The molecule has 100 valence electrons. The summed E-state index contributed by atoms with van der Waals surface area (Å²) in [5.74, 6) is -0.874. The molecular formula is C17H15NO2. The maximum Gasteiger partial charge on any atom is 0.335 e. The van der Waals surface area contributed by atoms with Gasteiger partial charge in [0.25, 0.3) is 0 Å². The normalized spacial score (nSPS) is 10.8. The Bertz CT molecular complexity index is 787. The van der Waals surface area contributed by atoms with Crippen LogP contribution in [0.15, 0.2) is 54.7 Å². The molecule has 0 saturated carbocycles. The summed E-state index contributed by atoms with van der Waals surface area (Å²) in [6.45, 7) is 0. The molecule has 1 heterocycles. The molecular weight excluding hydrogens is 250 g/mol. The molecule has 2 aromatic carbocycles. The summed E-state index contributed by atoms with van der Waals surface area (Å²) in [5.41, 5.74) is 3.53. The van der Waals surface area contributed by atoms with Gasteiger partial charge >= 0.3 is 5.97 Å². The van der Waals surface area contributed by atoms with Crippen molar-refractivity contribution in [3.05, 3.63) is 71.4 Å². The summed E-state index contributed by atoms with van der Waals surface area (Å²) in [6, 6.07) is 15.3. The average Bonchev–Trinajstić information content (AvgIpc) is 2.76. The van der Waals surface area contributed by atoms with Crippen molar-refractivity contribution in [2.24, 2.45) is 7.05 Å². The fraction of sp³-hybridized carbons (Fsp3) is 0.118. The van der Waals surface area contributed by atoms with Gasteiger partial charge in [0, 0.05) is 30.6 Å². The lowest BCUT2D eigenvalue weighted by Crippen LogP contribution is -2.02. The van der Waals surface area contributed by atoms with Crippen molar-refractivity contribution in [1.82, 2.24) is 4.57 Å². The van der Waals surface area contributed by atoms with Crippen LogP contribution in [0.25, 0.3) is 10.9 Å². The van der Waals surface area contributed by atoms with Gasteiger partial charge in [0.1, 0.15) is 0 Å². The summed E-state index contributed by atoms with van der Waals surface area (Å²) < 4.78 is 2.08. The maximum absolute atomic E-state index is 11.3. The van der Waals surface area contributed by atoms with E-state index in [0.29, 0.717) is 12.0 Å². The first kappa shape index (κ1) is 12.5. The van der Waals surface area contributed by atoms with Gasteiger partial charge in [-0.1, -0.05) is 36.4 Å². The Balaban J connectivity index is 2.08. The lowest BCUT2D eigenvalue weighted by Gasteiger charge is -2.05. The predicted octanol–water partition coefficient (Wildman–Crippen LogP) is 3.47. The summed E-state index contributed by atoms with van der Waals surface area (Å²) in [6.07, 6.45) is 2.70. The van der Waals surface area contributed by atoms with Crippen LogP contribution >= 0.6 is 0 Å². The Kier molecular flexibility index (Phi) is 3.03. The molecule has 3 aromatic rings. The zero-order valence-corrected chi connectivity index (χ0v) is 11.2. The molecule has 3 heteroatoms. The van der Waals surface area contributed by atoms with Gasteiger partial charge in [-0.3, -0.25) is 0 Å². The van der Waals surface area contributed by atoms with Crippen LogP contribution in [-0.2, 0) is 13.5 Å². The summed E-state index contributed by atoms with van der Waals surface area (Å²) in [5, 5.41) is 10.4. The van der Waals surface area contributed by atoms with E-state index in [1.165, 1.54) is 5.39 Å². The van der Waals surface area contributed by atoms with Crippen LogP contribution in [0.5, 0.6) is 0 Å². The first-order valence-corrected chi connectivity index (χ1v) is 6.51. The molecule has 20 heavy (non-hydrogen) atoms. The number of carbonyl (C=O) groups is 1. The second-order valence-corrected chi connectivity index (χ2v) is 4.92. The van der Waals surface area contributed by atoms with Crippen LogP contribution in [-0.4, -0.2) is 15.6 Å². The molecule has 1 aromatic heterocycles. The number of fused-ring (bicyclic) bond motifs is 1. The van der Waals surface area contributed by atoms with Crippen molar-refractivity contribution in [3.63, 3.8) is 0 Å². The quantitative estimate of drug-likeness (QED) is 0.788. The van der Waals surface area contributed by atoms with E-state index >= 15 is 0 Å². The van der Waals surface area contributed by atoms with E-state index in [-0.39, 0.29) is 0 Å². The maximum atomic E-state index is 11.3. The minimum absolute atomic E-state index is 0.375. The molecule has 0 fully saturated rings. The van der Waals surface area contributed by atoms with Crippen molar-refractivity contribution < 1.29 is 9.90 Å². The van der Waals surface area contributed by atoms with Gasteiger partial charge in [0.15, 0.2) is 0 Å². The molecule has 0 atom stereocenters. The molecule has 0 saturated heterocycles. The fourth-order valence-electron chi connectivity index (χ4n) is 2.65. The Morgan fingerprint density at radius 2 is 1.75 bits per heavy atom. The number of carboxylic acids is 1. The minimum atomic E-state index is -0.874. The highest BCUT2D eigenvalue weighted by atomic mass is 16.4. The zero-order valence-electron chi connectivity index (χ0n) is 11.2. The second kappa shape index (κ2) is 4.85. The lowest BCUT2D eigenvalue weighted by atomic mass is 9.99. The van der Waals surface area contributed by atoms with E-state index < -0.39 is 5.97 Å². The van der Waals surface area contributed by atoms with Crippen LogP contribution in [0.1, 0.15) is 21.5 Å². The number of aromatic carboxylic acids is 1. The highest BCUT2D eigenvalue weighted by Crippen LogP contribution is 2.24. The van der Waals surface area contributed by atoms with Crippen LogP contribution < -0.4 is 0 Å². The average molecular weight is 265 g/mol. The number of hydrogen-bond acceptors (Lipinski definition) is 1. The number of nitrogens with zero attached hydrogens (tertiary/aromatic N) is 1. The van der Waals surface area contributed by atoms with Gasteiger partial charge in [-0.15, -0.1) is 0 Å². The number of carboxylic acid groups (broad SMARTS) is 1.